The zero-order chi connectivity index (χ0) is 13.5. The summed E-state index contributed by atoms with van der Waals surface area (Å²) in [5.41, 5.74) is 2.33. The average molecular weight is 253 g/mol. The van der Waals surface area contributed by atoms with Gasteiger partial charge in [-0.1, -0.05) is 67.6 Å². The van der Waals surface area contributed by atoms with Gasteiger partial charge in [-0.25, -0.2) is 0 Å². The predicted molar refractivity (Wildman–Crippen MR) is 77.6 cm³/mol. The van der Waals surface area contributed by atoms with E-state index in [0.717, 1.165) is 12.0 Å². The van der Waals surface area contributed by atoms with Gasteiger partial charge in [-0.05, 0) is 17.5 Å². The number of benzene rings is 2. The third-order valence-electron chi connectivity index (χ3n) is 3.14. The van der Waals surface area contributed by atoms with Crippen LogP contribution in [0.4, 0.5) is 0 Å². The fourth-order valence-corrected chi connectivity index (χ4v) is 2.02. The lowest BCUT2D eigenvalue weighted by Gasteiger charge is -2.12. The van der Waals surface area contributed by atoms with Crippen molar-refractivity contribution in [3.8, 4) is 0 Å². The van der Waals surface area contributed by atoms with Crippen LogP contribution in [0.1, 0.15) is 18.1 Å². The summed E-state index contributed by atoms with van der Waals surface area (Å²) in [5, 5.41) is 2.98. The second kappa shape index (κ2) is 6.74. The van der Waals surface area contributed by atoms with E-state index in [1.807, 2.05) is 55.5 Å². The zero-order valence-corrected chi connectivity index (χ0v) is 11.2. The Morgan fingerprint density at radius 1 is 0.947 bits per heavy atom. The molecule has 0 aliphatic carbocycles. The van der Waals surface area contributed by atoms with Crippen molar-refractivity contribution in [3.63, 3.8) is 0 Å². The van der Waals surface area contributed by atoms with Gasteiger partial charge in [-0.2, -0.15) is 0 Å². The number of hydrogen-bond donors (Lipinski definition) is 1. The van der Waals surface area contributed by atoms with Gasteiger partial charge in [0.15, 0.2) is 0 Å². The standard InChI is InChI=1S/C17H19NO/c1-14(12-15-8-4-2-5-9-15)17(19)18-13-16-10-6-3-7-11-16/h2-11,14H,12-13H2,1H3,(H,18,19). The van der Waals surface area contributed by atoms with Crippen LogP contribution in [0.5, 0.6) is 0 Å². The minimum atomic E-state index is -0.00823. The Bertz CT molecular complexity index is 507. The minimum Gasteiger partial charge on any atom is -0.352 e. The topological polar surface area (TPSA) is 29.1 Å². The van der Waals surface area contributed by atoms with Gasteiger partial charge in [0, 0.05) is 12.5 Å². The molecule has 0 heterocycles. The Kier molecular flexibility index (Phi) is 4.73. The molecule has 2 heteroatoms. The number of carbonyl (C=O) groups is 1. The Balaban J connectivity index is 1.83. The summed E-state index contributed by atoms with van der Waals surface area (Å²) in [7, 11) is 0. The Morgan fingerprint density at radius 2 is 1.47 bits per heavy atom. The lowest BCUT2D eigenvalue weighted by molar-refractivity contribution is -0.124. The quantitative estimate of drug-likeness (QED) is 0.871. The van der Waals surface area contributed by atoms with Crippen molar-refractivity contribution in [1.29, 1.82) is 0 Å². The lowest BCUT2D eigenvalue weighted by atomic mass is 10.0. The summed E-state index contributed by atoms with van der Waals surface area (Å²) in [6.45, 7) is 2.56. The summed E-state index contributed by atoms with van der Waals surface area (Å²) in [6.07, 6.45) is 0.779. The fourth-order valence-electron chi connectivity index (χ4n) is 2.02. The number of amides is 1. The van der Waals surface area contributed by atoms with E-state index in [1.54, 1.807) is 0 Å². The van der Waals surface area contributed by atoms with Crippen molar-refractivity contribution >= 4 is 5.91 Å². The molecule has 1 atom stereocenters. The molecule has 0 saturated heterocycles. The highest BCUT2D eigenvalue weighted by atomic mass is 16.1. The van der Waals surface area contributed by atoms with Crippen LogP contribution in [-0.4, -0.2) is 5.91 Å². The molecule has 19 heavy (non-hydrogen) atoms. The van der Waals surface area contributed by atoms with Gasteiger partial charge in [0.1, 0.15) is 0 Å². The zero-order valence-electron chi connectivity index (χ0n) is 11.2. The Hall–Kier alpha value is -2.09. The van der Waals surface area contributed by atoms with E-state index in [0.29, 0.717) is 6.54 Å². The molecule has 2 rings (SSSR count). The van der Waals surface area contributed by atoms with E-state index in [1.165, 1.54) is 5.56 Å². The predicted octanol–water partition coefficient (Wildman–Crippen LogP) is 3.18. The largest absolute Gasteiger partial charge is 0.352 e. The molecule has 0 aliphatic rings. The van der Waals surface area contributed by atoms with Gasteiger partial charge in [0.05, 0.1) is 0 Å². The normalized spacial score (nSPS) is 11.8. The average Bonchev–Trinajstić information content (AvgIpc) is 2.47. The molecule has 2 nitrogen and oxygen atoms in total. The maximum Gasteiger partial charge on any atom is 0.223 e. The summed E-state index contributed by atoms with van der Waals surface area (Å²) in [5.74, 6) is 0.0961. The fraction of sp³-hybridized carbons (Fsp3) is 0.235. The second-order valence-corrected chi connectivity index (χ2v) is 4.79. The molecule has 0 aliphatic heterocycles. The van der Waals surface area contributed by atoms with Crippen molar-refractivity contribution in [2.45, 2.75) is 19.9 Å². The molecule has 0 bridgehead atoms. The summed E-state index contributed by atoms with van der Waals surface area (Å²) in [6, 6.07) is 20.1. The number of carbonyl (C=O) groups excluding carboxylic acids is 1. The molecule has 0 radical (unpaired) electrons. The van der Waals surface area contributed by atoms with E-state index in [2.05, 4.69) is 17.4 Å². The molecule has 0 saturated carbocycles. The first-order chi connectivity index (χ1) is 9.25. The molecular formula is C17H19NO. The van der Waals surface area contributed by atoms with Gasteiger partial charge >= 0.3 is 0 Å². The Morgan fingerprint density at radius 3 is 2.05 bits per heavy atom. The van der Waals surface area contributed by atoms with E-state index in [-0.39, 0.29) is 11.8 Å². The highest BCUT2D eigenvalue weighted by molar-refractivity contribution is 5.78. The molecular weight excluding hydrogens is 234 g/mol. The van der Waals surface area contributed by atoms with Crippen molar-refractivity contribution in [1.82, 2.24) is 5.32 Å². The second-order valence-electron chi connectivity index (χ2n) is 4.79. The molecule has 1 amide bonds. The summed E-state index contributed by atoms with van der Waals surface area (Å²) >= 11 is 0. The van der Waals surface area contributed by atoms with Crippen molar-refractivity contribution < 1.29 is 4.79 Å². The number of hydrogen-bond acceptors (Lipinski definition) is 1. The van der Waals surface area contributed by atoms with Crippen molar-refractivity contribution in [3.05, 3.63) is 71.8 Å². The molecule has 1 N–H and O–H groups in total. The summed E-state index contributed by atoms with van der Waals surface area (Å²) < 4.78 is 0. The molecule has 0 aromatic heterocycles. The van der Waals surface area contributed by atoms with Gasteiger partial charge < -0.3 is 5.32 Å². The molecule has 0 fully saturated rings. The van der Waals surface area contributed by atoms with Crippen molar-refractivity contribution in [2.24, 2.45) is 5.92 Å². The maximum atomic E-state index is 12.0. The van der Waals surface area contributed by atoms with E-state index in [9.17, 15) is 4.79 Å². The summed E-state index contributed by atoms with van der Waals surface area (Å²) in [4.78, 5) is 12.0. The van der Waals surface area contributed by atoms with Gasteiger partial charge in [-0.3, -0.25) is 4.79 Å². The number of rotatable bonds is 5. The van der Waals surface area contributed by atoms with Gasteiger partial charge in [0.2, 0.25) is 5.91 Å². The van der Waals surface area contributed by atoms with Crippen LogP contribution >= 0.6 is 0 Å². The molecule has 0 spiro atoms. The SMILES string of the molecule is CC(Cc1ccccc1)C(=O)NCc1ccccc1. The first kappa shape index (κ1) is 13.3. The highest BCUT2D eigenvalue weighted by Crippen LogP contribution is 2.08. The third-order valence-corrected chi connectivity index (χ3v) is 3.14. The Labute approximate surface area is 114 Å². The smallest absolute Gasteiger partial charge is 0.223 e. The van der Waals surface area contributed by atoms with Crippen LogP contribution < -0.4 is 5.32 Å². The monoisotopic (exact) mass is 253 g/mol. The van der Waals surface area contributed by atoms with Crippen LogP contribution in [0.15, 0.2) is 60.7 Å². The first-order valence-corrected chi connectivity index (χ1v) is 6.61. The maximum absolute atomic E-state index is 12.0. The first-order valence-electron chi connectivity index (χ1n) is 6.61. The van der Waals surface area contributed by atoms with Gasteiger partial charge in [0.25, 0.3) is 0 Å². The van der Waals surface area contributed by atoms with Crippen LogP contribution in [-0.2, 0) is 17.8 Å². The van der Waals surface area contributed by atoms with E-state index < -0.39 is 0 Å². The highest BCUT2D eigenvalue weighted by Gasteiger charge is 2.12. The molecule has 1 unspecified atom stereocenters. The van der Waals surface area contributed by atoms with Crippen molar-refractivity contribution in [2.75, 3.05) is 0 Å². The van der Waals surface area contributed by atoms with E-state index >= 15 is 0 Å². The molecule has 2 aromatic carbocycles. The number of nitrogens with one attached hydrogen (secondary N) is 1. The van der Waals surface area contributed by atoms with Crippen LogP contribution in [0, 0.1) is 5.92 Å². The minimum absolute atomic E-state index is 0.00823. The lowest BCUT2D eigenvalue weighted by Crippen LogP contribution is -2.29. The van der Waals surface area contributed by atoms with E-state index in [4.69, 9.17) is 0 Å². The van der Waals surface area contributed by atoms with Gasteiger partial charge in [-0.15, -0.1) is 0 Å². The molecule has 2 aromatic rings. The third kappa shape index (κ3) is 4.25. The van der Waals surface area contributed by atoms with Crippen LogP contribution in [0.25, 0.3) is 0 Å². The van der Waals surface area contributed by atoms with Crippen LogP contribution in [0.3, 0.4) is 0 Å². The van der Waals surface area contributed by atoms with Crippen LogP contribution in [0.2, 0.25) is 0 Å². The molecule has 98 valence electrons.